The fraction of sp³-hybridized carbons (Fsp3) is 0.333. The predicted octanol–water partition coefficient (Wildman–Crippen LogP) is 6.66. The molecule has 0 atom stereocenters. The Bertz CT molecular complexity index is 285. The summed E-state index contributed by atoms with van der Waals surface area (Å²) in [6.07, 6.45) is 14.4. The van der Waals surface area contributed by atoms with E-state index in [4.69, 9.17) is 0 Å². The molecule has 0 aromatic heterocycles. The lowest BCUT2D eigenvalue weighted by Crippen LogP contribution is -1.81. The van der Waals surface area contributed by atoms with Gasteiger partial charge in [0.2, 0.25) is 0 Å². The Labute approximate surface area is 116 Å². The second-order valence-corrected chi connectivity index (χ2v) is 2.73. The van der Waals surface area contributed by atoms with Crippen LogP contribution >= 0.6 is 0 Å². The molecule has 0 aliphatic heterocycles. The van der Waals surface area contributed by atoms with Gasteiger partial charge >= 0.3 is 0 Å². The van der Waals surface area contributed by atoms with Crippen molar-refractivity contribution in [1.29, 1.82) is 0 Å². The molecule has 0 rings (SSSR count). The standard InChI is InChI=1S/C14H18.C2H6.2CH4/c1-5-9-12-14(11-7-3)13(8-4)10-6-2;1-2;;/h6-12H,2-5H2,1H3;1-2H3;2*1H4/b12-9-,13-10+,14-11+;;;. The summed E-state index contributed by atoms with van der Waals surface area (Å²) in [5, 5.41) is 0. The van der Waals surface area contributed by atoms with Gasteiger partial charge in [-0.1, -0.05) is 97.9 Å². The molecule has 0 radical (unpaired) electrons. The SMILES string of the molecule is C.C.C=C/C=C(C=C)/C(/C=C\CC)=C/C=C.CC. The van der Waals surface area contributed by atoms with E-state index in [1.165, 1.54) is 0 Å². The Morgan fingerprint density at radius 2 is 1.33 bits per heavy atom. The second kappa shape index (κ2) is 20.8. The molecule has 104 valence electrons. The summed E-state index contributed by atoms with van der Waals surface area (Å²) < 4.78 is 0. The zero-order valence-electron chi connectivity index (χ0n) is 10.9. The molecule has 0 aromatic rings. The van der Waals surface area contributed by atoms with E-state index in [-0.39, 0.29) is 14.9 Å². The highest BCUT2D eigenvalue weighted by Gasteiger charge is 1.94. The van der Waals surface area contributed by atoms with Gasteiger partial charge in [0.25, 0.3) is 0 Å². The number of hydrogen-bond donors (Lipinski definition) is 0. The van der Waals surface area contributed by atoms with Crippen molar-refractivity contribution in [2.75, 3.05) is 0 Å². The average Bonchev–Trinajstić information content (AvgIpc) is 2.34. The Morgan fingerprint density at radius 1 is 0.889 bits per heavy atom. The van der Waals surface area contributed by atoms with Crippen molar-refractivity contribution in [3.8, 4) is 0 Å². The van der Waals surface area contributed by atoms with E-state index < -0.39 is 0 Å². The molecule has 0 unspecified atom stereocenters. The first kappa shape index (κ1) is 25.3. The van der Waals surface area contributed by atoms with Crippen LogP contribution in [-0.4, -0.2) is 0 Å². The van der Waals surface area contributed by atoms with Gasteiger partial charge in [-0.05, 0) is 17.6 Å². The van der Waals surface area contributed by atoms with Gasteiger partial charge in [0.05, 0.1) is 0 Å². The summed E-state index contributed by atoms with van der Waals surface area (Å²) in [4.78, 5) is 0. The first-order chi connectivity index (χ1) is 7.79. The van der Waals surface area contributed by atoms with Crippen LogP contribution in [-0.2, 0) is 0 Å². The molecule has 0 fully saturated rings. The zero-order valence-corrected chi connectivity index (χ0v) is 10.9. The monoisotopic (exact) mass is 248 g/mol. The van der Waals surface area contributed by atoms with Crippen molar-refractivity contribution in [3.63, 3.8) is 0 Å². The fourth-order valence-corrected chi connectivity index (χ4v) is 1.03. The minimum Gasteiger partial charge on any atom is -0.0990 e. The van der Waals surface area contributed by atoms with Gasteiger partial charge < -0.3 is 0 Å². The van der Waals surface area contributed by atoms with E-state index in [1.807, 2.05) is 32.1 Å². The lowest BCUT2D eigenvalue weighted by molar-refractivity contribution is 1.22. The topological polar surface area (TPSA) is 0 Å². The molecule has 0 bridgehead atoms. The maximum absolute atomic E-state index is 3.77. The Hall–Kier alpha value is -1.56. The Balaban J connectivity index is -0.000000232. The van der Waals surface area contributed by atoms with Crippen molar-refractivity contribution < 1.29 is 0 Å². The van der Waals surface area contributed by atoms with Crippen LogP contribution in [0.15, 0.2) is 73.4 Å². The maximum Gasteiger partial charge on any atom is -0.0188 e. The molecule has 0 spiro atoms. The second-order valence-electron chi connectivity index (χ2n) is 2.73. The molecule has 0 saturated carbocycles. The van der Waals surface area contributed by atoms with E-state index in [9.17, 15) is 0 Å². The minimum absolute atomic E-state index is 0. The molecule has 0 N–H and O–H groups in total. The van der Waals surface area contributed by atoms with Gasteiger partial charge in [0, 0.05) is 0 Å². The normalized spacial score (nSPS) is 10.4. The minimum atomic E-state index is 0. The number of hydrogen-bond acceptors (Lipinski definition) is 0. The van der Waals surface area contributed by atoms with Gasteiger partial charge in [-0.3, -0.25) is 0 Å². The van der Waals surface area contributed by atoms with Crippen LogP contribution < -0.4 is 0 Å². The van der Waals surface area contributed by atoms with E-state index >= 15 is 0 Å². The molecule has 0 amide bonds. The van der Waals surface area contributed by atoms with Crippen molar-refractivity contribution >= 4 is 0 Å². The largest absolute Gasteiger partial charge is 0.0990 e. The zero-order chi connectivity index (χ0) is 12.8. The van der Waals surface area contributed by atoms with Gasteiger partial charge in [0.15, 0.2) is 0 Å². The highest BCUT2D eigenvalue weighted by Crippen LogP contribution is 2.13. The third kappa shape index (κ3) is 12.5. The van der Waals surface area contributed by atoms with Gasteiger partial charge in [-0.25, -0.2) is 0 Å². The van der Waals surface area contributed by atoms with Crippen LogP contribution in [0, 0.1) is 0 Å². The molecular formula is C18H32. The van der Waals surface area contributed by atoms with E-state index in [2.05, 4.69) is 38.8 Å². The molecule has 0 heteroatoms. The molecule has 0 heterocycles. The molecular weight excluding hydrogens is 216 g/mol. The lowest BCUT2D eigenvalue weighted by Gasteiger charge is -2.01. The van der Waals surface area contributed by atoms with Crippen molar-refractivity contribution in [2.45, 2.75) is 42.0 Å². The highest BCUT2D eigenvalue weighted by atomic mass is 14.0. The molecule has 18 heavy (non-hydrogen) atoms. The molecule has 0 nitrogen and oxygen atoms in total. The molecule has 0 saturated heterocycles. The summed E-state index contributed by atoms with van der Waals surface area (Å²) in [6.45, 7) is 17.2. The quantitative estimate of drug-likeness (QED) is 0.461. The summed E-state index contributed by atoms with van der Waals surface area (Å²) in [7, 11) is 0. The third-order valence-corrected chi connectivity index (χ3v) is 1.68. The third-order valence-electron chi connectivity index (χ3n) is 1.68. The van der Waals surface area contributed by atoms with Crippen LogP contribution in [0.1, 0.15) is 42.0 Å². The van der Waals surface area contributed by atoms with Crippen molar-refractivity contribution in [3.05, 3.63) is 73.4 Å². The van der Waals surface area contributed by atoms with E-state index in [0.29, 0.717) is 0 Å². The Morgan fingerprint density at radius 3 is 1.67 bits per heavy atom. The average molecular weight is 248 g/mol. The maximum atomic E-state index is 3.77. The first-order valence-electron chi connectivity index (χ1n) is 5.74. The fourth-order valence-electron chi connectivity index (χ4n) is 1.03. The van der Waals surface area contributed by atoms with E-state index in [1.54, 1.807) is 12.2 Å². The Kier molecular flexibility index (Phi) is 29.3. The van der Waals surface area contributed by atoms with Crippen molar-refractivity contribution in [1.82, 2.24) is 0 Å². The van der Waals surface area contributed by atoms with Gasteiger partial charge in [-0.15, -0.1) is 0 Å². The molecule has 0 aliphatic rings. The number of allylic oxidation sites excluding steroid dienone is 9. The molecule has 0 aliphatic carbocycles. The van der Waals surface area contributed by atoms with Crippen LogP contribution in [0.3, 0.4) is 0 Å². The van der Waals surface area contributed by atoms with Crippen LogP contribution in [0.25, 0.3) is 0 Å². The smallest absolute Gasteiger partial charge is 0.0188 e. The molecule has 0 aromatic carbocycles. The number of rotatable bonds is 6. The first-order valence-corrected chi connectivity index (χ1v) is 5.74. The lowest BCUT2D eigenvalue weighted by atomic mass is 10.0. The predicted molar refractivity (Wildman–Crippen MR) is 91.0 cm³/mol. The summed E-state index contributed by atoms with van der Waals surface area (Å²) in [5.74, 6) is 0. The van der Waals surface area contributed by atoms with Crippen LogP contribution in [0.4, 0.5) is 0 Å². The van der Waals surface area contributed by atoms with Crippen molar-refractivity contribution in [2.24, 2.45) is 0 Å². The van der Waals surface area contributed by atoms with Gasteiger partial charge in [-0.2, -0.15) is 0 Å². The summed E-state index contributed by atoms with van der Waals surface area (Å²) in [6, 6.07) is 0. The van der Waals surface area contributed by atoms with Crippen LogP contribution in [0.5, 0.6) is 0 Å². The van der Waals surface area contributed by atoms with E-state index in [0.717, 1.165) is 17.6 Å². The summed E-state index contributed by atoms with van der Waals surface area (Å²) in [5.41, 5.74) is 2.17. The summed E-state index contributed by atoms with van der Waals surface area (Å²) >= 11 is 0. The van der Waals surface area contributed by atoms with Gasteiger partial charge in [0.1, 0.15) is 0 Å². The highest BCUT2D eigenvalue weighted by molar-refractivity contribution is 5.48. The van der Waals surface area contributed by atoms with Crippen LogP contribution in [0.2, 0.25) is 0 Å².